The third kappa shape index (κ3) is 28.0. The Balaban J connectivity index is 4.59. The van der Waals surface area contributed by atoms with E-state index in [2.05, 4.69) is 31.3 Å². The van der Waals surface area contributed by atoms with Crippen molar-refractivity contribution in [2.45, 2.75) is 154 Å². The Morgan fingerprint density at radius 3 is 1.86 bits per heavy atom. The minimum Gasteiger partial charge on any atom is -0.756 e. The maximum atomic E-state index is 12.7. The lowest BCUT2D eigenvalue weighted by Gasteiger charge is -2.30. The van der Waals surface area contributed by atoms with Gasteiger partial charge in [-0.2, -0.15) is 0 Å². The molecule has 3 atom stereocenters. The van der Waals surface area contributed by atoms with E-state index < -0.39 is 20.0 Å². The fraction of sp³-hybridized carbons (Fsp3) is 0.909. The summed E-state index contributed by atoms with van der Waals surface area (Å²) in [6.45, 7) is 4.62. The standard InChI is InChI=1S/C33H67N2O6P/c1-6-8-10-12-14-16-17-19-20-22-24-26-32(36)31(30-41-42(38,39)40-29-28-35(3,4)5)34-33(37)27-25-23-21-18-15-13-11-9-7-2/h17,19,31-32,36H,6-16,18,20-30H2,1-5H3,(H-,34,37,38,39)/b19-17+/t31-,32+/m0/s1. The van der Waals surface area contributed by atoms with E-state index in [4.69, 9.17) is 9.05 Å². The maximum absolute atomic E-state index is 12.7. The van der Waals surface area contributed by atoms with E-state index in [-0.39, 0.29) is 19.1 Å². The molecule has 0 aliphatic carbocycles. The summed E-state index contributed by atoms with van der Waals surface area (Å²) in [6.07, 6.45) is 25.0. The van der Waals surface area contributed by atoms with Gasteiger partial charge in [-0.25, -0.2) is 0 Å². The van der Waals surface area contributed by atoms with E-state index in [0.29, 0.717) is 23.9 Å². The van der Waals surface area contributed by atoms with Gasteiger partial charge < -0.3 is 28.8 Å². The van der Waals surface area contributed by atoms with Gasteiger partial charge in [0.05, 0.1) is 39.9 Å². The van der Waals surface area contributed by atoms with Crippen molar-refractivity contribution in [1.82, 2.24) is 5.32 Å². The largest absolute Gasteiger partial charge is 0.756 e. The van der Waals surface area contributed by atoms with Crippen LogP contribution in [0.2, 0.25) is 0 Å². The fourth-order valence-corrected chi connectivity index (χ4v) is 5.40. The van der Waals surface area contributed by atoms with Crippen molar-refractivity contribution in [2.24, 2.45) is 0 Å². The molecule has 2 N–H and O–H groups in total. The van der Waals surface area contributed by atoms with Crippen LogP contribution in [-0.2, 0) is 18.4 Å². The average molecular weight is 619 g/mol. The van der Waals surface area contributed by atoms with Crippen molar-refractivity contribution in [1.29, 1.82) is 0 Å². The Morgan fingerprint density at radius 2 is 1.31 bits per heavy atom. The lowest BCUT2D eigenvalue weighted by Crippen LogP contribution is -2.46. The van der Waals surface area contributed by atoms with Crippen LogP contribution in [-0.4, -0.2) is 68.5 Å². The molecule has 0 saturated heterocycles. The van der Waals surface area contributed by atoms with Crippen molar-refractivity contribution in [2.75, 3.05) is 40.9 Å². The number of likely N-dealkylation sites (N-methyl/N-ethyl adjacent to an activating group) is 1. The topological polar surface area (TPSA) is 108 Å². The Hall–Kier alpha value is -0.760. The second kappa shape index (κ2) is 26.6. The number of amides is 1. The summed E-state index contributed by atoms with van der Waals surface area (Å²) >= 11 is 0. The first-order valence-electron chi connectivity index (χ1n) is 17.0. The molecule has 0 fully saturated rings. The van der Waals surface area contributed by atoms with Crippen LogP contribution in [0.4, 0.5) is 0 Å². The van der Waals surface area contributed by atoms with E-state index in [1.165, 1.54) is 70.6 Å². The number of carbonyl (C=O) groups is 1. The van der Waals surface area contributed by atoms with Crippen molar-refractivity contribution in [3.05, 3.63) is 12.2 Å². The molecule has 0 aromatic rings. The molecule has 0 bridgehead atoms. The molecule has 250 valence electrons. The molecule has 9 heteroatoms. The van der Waals surface area contributed by atoms with Gasteiger partial charge in [0.1, 0.15) is 13.2 Å². The average Bonchev–Trinajstić information content (AvgIpc) is 2.92. The van der Waals surface area contributed by atoms with Gasteiger partial charge in [-0.1, -0.05) is 109 Å². The quantitative estimate of drug-likeness (QED) is 0.0375. The molecule has 42 heavy (non-hydrogen) atoms. The first-order valence-corrected chi connectivity index (χ1v) is 18.5. The van der Waals surface area contributed by atoms with Gasteiger partial charge in [0.2, 0.25) is 5.91 Å². The molecule has 0 aromatic heterocycles. The number of allylic oxidation sites excluding steroid dienone is 2. The number of nitrogens with one attached hydrogen (secondary N) is 1. The van der Waals surface area contributed by atoms with Crippen LogP contribution in [0.15, 0.2) is 12.2 Å². The Kier molecular flexibility index (Phi) is 26.1. The molecule has 0 spiro atoms. The highest BCUT2D eigenvalue weighted by molar-refractivity contribution is 7.45. The maximum Gasteiger partial charge on any atom is 0.268 e. The van der Waals surface area contributed by atoms with Crippen LogP contribution in [0.5, 0.6) is 0 Å². The van der Waals surface area contributed by atoms with Crippen LogP contribution < -0.4 is 10.2 Å². The lowest BCUT2D eigenvalue weighted by atomic mass is 10.0. The lowest BCUT2D eigenvalue weighted by molar-refractivity contribution is -0.870. The zero-order valence-electron chi connectivity index (χ0n) is 28.0. The van der Waals surface area contributed by atoms with E-state index >= 15 is 0 Å². The summed E-state index contributed by atoms with van der Waals surface area (Å²) in [5, 5.41) is 13.7. The number of hydrogen-bond donors (Lipinski definition) is 2. The van der Waals surface area contributed by atoms with Crippen molar-refractivity contribution in [3.63, 3.8) is 0 Å². The minimum atomic E-state index is -4.55. The van der Waals surface area contributed by atoms with E-state index in [9.17, 15) is 19.4 Å². The van der Waals surface area contributed by atoms with E-state index in [1.54, 1.807) is 0 Å². The number of phosphoric ester groups is 1. The van der Waals surface area contributed by atoms with E-state index in [1.807, 2.05) is 21.1 Å². The van der Waals surface area contributed by atoms with Gasteiger partial charge in [0.25, 0.3) is 7.82 Å². The van der Waals surface area contributed by atoms with Crippen molar-refractivity contribution in [3.8, 4) is 0 Å². The molecule has 0 heterocycles. The smallest absolute Gasteiger partial charge is 0.268 e. The molecule has 0 aliphatic rings. The third-order valence-corrected chi connectivity index (χ3v) is 8.47. The summed E-state index contributed by atoms with van der Waals surface area (Å²) in [6, 6.07) is -0.806. The third-order valence-electron chi connectivity index (χ3n) is 7.50. The summed E-state index contributed by atoms with van der Waals surface area (Å²) in [5.74, 6) is -0.181. The number of aliphatic hydroxyl groups excluding tert-OH is 1. The molecule has 1 unspecified atom stereocenters. The molecule has 0 aliphatic heterocycles. The number of aliphatic hydroxyl groups is 1. The van der Waals surface area contributed by atoms with Gasteiger partial charge in [0.15, 0.2) is 0 Å². The molecule has 0 saturated carbocycles. The number of hydrogen-bond acceptors (Lipinski definition) is 6. The second-order valence-electron chi connectivity index (χ2n) is 12.9. The van der Waals surface area contributed by atoms with Crippen LogP contribution in [0.25, 0.3) is 0 Å². The number of quaternary nitrogens is 1. The Bertz CT molecular complexity index is 713. The number of rotatable bonds is 30. The molecule has 8 nitrogen and oxygen atoms in total. The zero-order valence-corrected chi connectivity index (χ0v) is 28.9. The van der Waals surface area contributed by atoms with Crippen molar-refractivity contribution < 1.29 is 32.9 Å². The first kappa shape index (κ1) is 41.2. The second-order valence-corrected chi connectivity index (χ2v) is 14.3. The summed E-state index contributed by atoms with van der Waals surface area (Å²) in [5.41, 5.74) is 0. The number of carbonyl (C=O) groups excluding carboxylic acids is 1. The Morgan fingerprint density at radius 1 is 0.810 bits per heavy atom. The predicted molar refractivity (Wildman–Crippen MR) is 173 cm³/mol. The highest BCUT2D eigenvalue weighted by atomic mass is 31.2. The number of nitrogens with zero attached hydrogens (tertiary/aromatic N) is 1. The minimum absolute atomic E-state index is 0.00865. The van der Waals surface area contributed by atoms with Gasteiger partial charge in [-0.3, -0.25) is 9.36 Å². The number of phosphoric acid groups is 1. The van der Waals surface area contributed by atoms with Crippen LogP contribution in [0.1, 0.15) is 142 Å². The monoisotopic (exact) mass is 618 g/mol. The van der Waals surface area contributed by atoms with Gasteiger partial charge in [-0.05, 0) is 38.5 Å². The van der Waals surface area contributed by atoms with Gasteiger partial charge in [-0.15, -0.1) is 0 Å². The first-order chi connectivity index (χ1) is 20.0. The Labute approximate surface area is 259 Å². The highest BCUT2D eigenvalue weighted by Crippen LogP contribution is 2.38. The molecular weight excluding hydrogens is 551 g/mol. The SMILES string of the molecule is CCCCCCC/C=C/CCCC[C@@H](O)[C@H](COP(=O)([O-])OCC[N+](C)(C)C)NC(=O)CCCCCCCCCCC. The predicted octanol–water partition coefficient (Wildman–Crippen LogP) is 7.44. The molecule has 1 amide bonds. The number of unbranched alkanes of at least 4 members (excludes halogenated alkanes) is 15. The van der Waals surface area contributed by atoms with Crippen molar-refractivity contribution >= 4 is 13.7 Å². The van der Waals surface area contributed by atoms with Gasteiger partial charge in [0, 0.05) is 6.42 Å². The fourth-order valence-electron chi connectivity index (χ4n) is 4.68. The highest BCUT2D eigenvalue weighted by Gasteiger charge is 2.24. The molecule has 0 radical (unpaired) electrons. The summed E-state index contributed by atoms with van der Waals surface area (Å²) in [7, 11) is 1.28. The van der Waals surface area contributed by atoms with E-state index in [0.717, 1.165) is 44.9 Å². The van der Waals surface area contributed by atoms with Crippen LogP contribution >= 0.6 is 7.82 Å². The molecule has 0 rings (SSSR count). The van der Waals surface area contributed by atoms with Gasteiger partial charge >= 0.3 is 0 Å². The molecule has 0 aromatic carbocycles. The zero-order chi connectivity index (χ0) is 31.5. The summed E-state index contributed by atoms with van der Waals surface area (Å²) in [4.78, 5) is 25.0. The normalized spacial score (nSPS) is 15.1. The molecular formula is C33H67N2O6P. The summed E-state index contributed by atoms with van der Waals surface area (Å²) < 4.78 is 23.0. The van der Waals surface area contributed by atoms with Crippen LogP contribution in [0, 0.1) is 0 Å². The van der Waals surface area contributed by atoms with Crippen LogP contribution in [0.3, 0.4) is 0 Å².